The Hall–Kier alpha value is -1.73. The van der Waals surface area contributed by atoms with Gasteiger partial charge in [-0.25, -0.2) is 4.79 Å². The minimum Gasteiger partial charge on any atom is -0.480 e. The summed E-state index contributed by atoms with van der Waals surface area (Å²) in [6.45, 7) is 1.64. The summed E-state index contributed by atoms with van der Waals surface area (Å²) < 4.78 is 0. The van der Waals surface area contributed by atoms with Crippen molar-refractivity contribution < 1.29 is 19.5 Å². The molecular weight excluding hydrogens is 316 g/mol. The molecule has 8 heteroatoms. The molecule has 0 fully saturated rings. The number of amides is 2. The lowest BCUT2D eigenvalue weighted by molar-refractivity contribution is -0.143. The third-order valence-electron chi connectivity index (χ3n) is 2.52. The van der Waals surface area contributed by atoms with E-state index in [1.54, 1.807) is 31.2 Å². The highest BCUT2D eigenvalue weighted by Crippen LogP contribution is 2.24. The molecule has 2 amide bonds. The van der Waals surface area contributed by atoms with E-state index in [1.807, 2.05) is 0 Å². The largest absolute Gasteiger partial charge is 0.480 e. The van der Waals surface area contributed by atoms with Crippen LogP contribution in [0, 0.1) is 0 Å². The number of nitrogens with two attached hydrogens (primary N) is 1. The summed E-state index contributed by atoms with van der Waals surface area (Å²) in [5.41, 5.74) is 4.95. The average Bonchev–Trinajstić information content (AvgIpc) is 2.39. The first kappa shape index (κ1) is 17.3. The van der Waals surface area contributed by atoms with Crippen molar-refractivity contribution in [2.75, 3.05) is 0 Å². The Morgan fingerprint density at radius 1 is 1.33 bits per heavy atom. The number of aliphatic carboxylic acids is 1. The first-order valence-electron chi connectivity index (χ1n) is 6.03. The standard InChI is InChI=1S/C13H15ClN2O4S/c1-7(21-9-4-2-8(14)3-5-9)12(18)16-10(13(19)20)6-11(15)17/h2-5,7,10H,6H2,1H3,(H2,15,17)(H,16,18)(H,19,20)/t7?,10-/m1/s1. The highest BCUT2D eigenvalue weighted by molar-refractivity contribution is 8.00. The number of carboxylic acids is 1. The number of halogens is 1. The number of carbonyl (C=O) groups is 3. The van der Waals surface area contributed by atoms with Gasteiger partial charge in [-0.1, -0.05) is 11.6 Å². The van der Waals surface area contributed by atoms with E-state index in [0.29, 0.717) is 5.02 Å². The molecule has 4 N–H and O–H groups in total. The second kappa shape index (κ2) is 7.90. The molecule has 0 aliphatic heterocycles. The van der Waals surface area contributed by atoms with Crippen molar-refractivity contribution in [3.63, 3.8) is 0 Å². The van der Waals surface area contributed by atoms with Crippen LogP contribution in [0.4, 0.5) is 0 Å². The molecule has 0 bridgehead atoms. The predicted molar refractivity (Wildman–Crippen MR) is 80.1 cm³/mol. The molecule has 0 aromatic heterocycles. The van der Waals surface area contributed by atoms with Gasteiger partial charge in [-0.15, -0.1) is 11.8 Å². The molecule has 6 nitrogen and oxygen atoms in total. The third kappa shape index (κ3) is 6.05. The summed E-state index contributed by atoms with van der Waals surface area (Å²) in [6, 6.07) is 5.59. The molecule has 0 aliphatic carbocycles. The Bertz CT molecular complexity index is 535. The smallest absolute Gasteiger partial charge is 0.326 e. The Morgan fingerprint density at radius 2 is 1.90 bits per heavy atom. The number of hydrogen-bond acceptors (Lipinski definition) is 4. The van der Waals surface area contributed by atoms with E-state index in [1.165, 1.54) is 11.8 Å². The van der Waals surface area contributed by atoms with E-state index in [2.05, 4.69) is 5.32 Å². The fraction of sp³-hybridized carbons (Fsp3) is 0.308. The molecule has 1 aromatic carbocycles. The van der Waals surface area contributed by atoms with Crippen LogP contribution in [0.3, 0.4) is 0 Å². The van der Waals surface area contributed by atoms with Gasteiger partial charge in [-0.2, -0.15) is 0 Å². The average molecular weight is 331 g/mol. The Kier molecular flexibility index (Phi) is 6.51. The Labute approximate surface area is 131 Å². The van der Waals surface area contributed by atoms with Gasteiger partial charge in [0.25, 0.3) is 0 Å². The van der Waals surface area contributed by atoms with Crippen molar-refractivity contribution in [1.82, 2.24) is 5.32 Å². The minimum absolute atomic E-state index is 0.445. The van der Waals surface area contributed by atoms with Gasteiger partial charge in [-0.05, 0) is 31.2 Å². The molecule has 2 atom stereocenters. The molecule has 0 spiro atoms. The molecule has 0 heterocycles. The van der Waals surface area contributed by atoms with Gasteiger partial charge >= 0.3 is 5.97 Å². The predicted octanol–water partition coefficient (Wildman–Crippen LogP) is 1.27. The van der Waals surface area contributed by atoms with Crippen molar-refractivity contribution in [2.45, 2.75) is 29.5 Å². The SMILES string of the molecule is CC(Sc1ccc(Cl)cc1)C(=O)N[C@H](CC(N)=O)C(=O)O. The van der Waals surface area contributed by atoms with Crippen LogP contribution in [0.1, 0.15) is 13.3 Å². The Balaban J connectivity index is 2.62. The molecule has 1 aromatic rings. The highest BCUT2D eigenvalue weighted by Gasteiger charge is 2.25. The van der Waals surface area contributed by atoms with Crippen LogP contribution in [0.15, 0.2) is 29.2 Å². The van der Waals surface area contributed by atoms with E-state index in [0.717, 1.165) is 4.90 Å². The van der Waals surface area contributed by atoms with Crippen LogP contribution in [0.25, 0.3) is 0 Å². The fourth-order valence-electron chi connectivity index (χ4n) is 1.46. The van der Waals surface area contributed by atoms with Crippen molar-refractivity contribution in [3.05, 3.63) is 29.3 Å². The summed E-state index contributed by atoms with van der Waals surface area (Å²) in [4.78, 5) is 34.5. The number of primary amides is 1. The van der Waals surface area contributed by atoms with Gasteiger partial charge < -0.3 is 16.2 Å². The molecule has 0 aliphatic rings. The molecule has 114 valence electrons. The summed E-state index contributed by atoms with van der Waals surface area (Å²) in [5, 5.41) is 11.3. The number of carbonyl (C=O) groups excluding carboxylic acids is 2. The number of hydrogen-bond donors (Lipinski definition) is 3. The Morgan fingerprint density at radius 3 is 2.38 bits per heavy atom. The molecule has 21 heavy (non-hydrogen) atoms. The lowest BCUT2D eigenvalue weighted by Crippen LogP contribution is -2.45. The molecule has 1 unspecified atom stereocenters. The molecule has 0 saturated heterocycles. The maximum atomic E-state index is 11.9. The zero-order valence-corrected chi connectivity index (χ0v) is 12.8. The summed E-state index contributed by atoms with van der Waals surface area (Å²) in [6.07, 6.45) is -0.445. The van der Waals surface area contributed by atoms with E-state index >= 15 is 0 Å². The van der Waals surface area contributed by atoms with E-state index in [-0.39, 0.29) is 0 Å². The van der Waals surface area contributed by atoms with Crippen LogP contribution in [0.2, 0.25) is 5.02 Å². The van der Waals surface area contributed by atoms with Crippen LogP contribution >= 0.6 is 23.4 Å². The number of thioether (sulfide) groups is 1. The van der Waals surface area contributed by atoms with Crippen molar-refractivity contribution in [3.8, 4) is 0 Å². The zero-order valence-electron chi connectivity index (χ0n) is 11.2. The molecular formula is C13H15ClN2O4S. The number of rotatable bonds is 7. The number of nitrogens with one attached hydrogen (secondary N) is 1. The van der Waals surface area contributed by atoms with Crippen LogP contribution in [-0.4, -0.2) is 34.2 Å². The van der Waals surface area contributed by atoms with E-state index in [4.69, 9.17) is 22.4 Å². The molecule has 0 saturated carbocycles. The van der Waals surface area contributed by atoms with Crippen LogP contribution in [0.5, 0.6) is 0 Å². The normalized spacial score (nSPS) is 13.2. The molecule has 0 radical (unpaired) electrons. The van der Waals surface area contributed by atoms with E-state index in [9.17, 15) is 14.4 Å². The van der Waals surface area contributed by atoms with Gasteiger partial charge in [0.1, 0.15) is 6.04 Å². The first-order valence-corrected chi connectivity index (χ1v) is 7.29. The third-order valence-corrected chi connectivity index (χ3v) is 3.88. The van der Waals surface area contributed by atoms with Gasteiger partial charge in [-0.3, -0.25) is 9.59 Å². The van der Waals surface area contributed by atoms with Crippen molar-refractivity contribution >= 4 is 41.1 Å². The first-order chi connectivity index (χ1) is 9.79. The highest BCUT2D eigenvalue weighted by atomic mass is 35.5. The lowest BCUT2D eigenvalue weighted by Gasteiger charge is -2.16. The maximum Gasteiger partial charge on any atom is 0.326 e. The topological polar surface area (TPSA) is 109 Å². The molecule has 1 rings (SSSR count). The number of carboxylic acid groups (broad SMARTS) is 1. The fourth-order valence-corrected chi connectivity index (χ4v) is 2.46. The van der Waals surface area contributed by atoms with Gasteiger partial charge in [0.05, 0.1) is 11.7 Å². The van der Waals surface area contributed by atoms with Crippen molar-refractivity contribution in [2.24, 2.45) is 5.73 Å². The number of benzene rings is 1. The second-order valence-corrected chi connectivity index (χ2v) is 6.13. The van der Waals surface area contributed by atoms with Crippen LogP contribution in [-0.2, 0) is 14.4 Å². The van der Waals surface area contributed by atoms with Gasteiger partial charge in [0.15, 0.2) is 0 Å². The van der Waals surface area contributed by atoms with Crippen LogP contribution < -0.4 is 11.1 Å². The van der Waals surface area contributed by atoms with Gasteiger partial charge in [0, 0.05) is 9.92 Å². The van der Waals surface area contributed by atoms with Crippen molar-refractivity contribution in [1.29, 1.82) is 0 Å². The summed E-state index contributed by atoms with van der Waals surface area (Å²) in [7, 11) is 0. The zero-order chi connectivity index (χ0) is 16.0. The maximum absolute atomic E-state index is 11.9. The lowest BCUT2D eigenvalue weighted by atomic mass is 10.2. The quantitative estimate of drug-likeness (QED) is 0.652. The van der Waals surface area contributed by atoms with E-state index < -0.39 is 35.5 Å². The summed E-state index contributed by atoms with van der Waals surface area (Å²) >= 11 is 7.02. The monoisotopic (exact) mass is 330 g/mol. The second-order valence-electron chi connectivity index (χ2n) is 4.28. The summed E-state index contributed by atoms with van der Waals surface area (Å²) in [5.74, 6) is -2.57. The minimum atomic E-state index is -1.32. The van der Waals surface area contributed by atoms with Gasteiger partial charge in [0.2, 0.25) is 11.8 Å².